The van der Waals surface area contributed by atoms with Crippen molar-refractivity contribution in [2.24, 2.45) is 11.7 Å². The van der Waals surface area contributed by atoms with E-state index >= 15 is 0 Å². The Balaban J connectivity index is 2.70. The van der Waals surface area contributed by atoms with Crippen molar-refractivity contribution in [2.45, 2.75) is 20.4 Å². The maximum atomic E-state index is 13.0. The van der Waals surface area contributed by atoms with Crippen molar-refractivity contribution in [3.05, 3.63) is 34.6 Å². The molecule has 100 valence electrons. The van der Waals surface area contributed by atoms with Crippen LogP contribution in [0.1, 0.15) is 19.4 Å². The second-order valence-corrected chi connectivity index (χ2v) is 5.25. The van der Waals surface area contributed by atoms with Crippen LogP contribution in [0.5, 0.6) is 0 Å². The Bertz CT molecular complexity index is 425. The van der Waals surface area contributed by atoms with Gasteiger partial charge in [0.15, 0.2) is 0 Å². The molecule has 1 aromatic carbocycles. The molecule has 18 heavy (non-hydrogen) atoms. The molecule has 1 atom stereocenters. The highest BCUT2D eigenvalue weighted by Crippen LogP contribution is 2.19. The largest absolute Gasteiger partial charge is 0.393 e. The van der Waals surface area contributed by atoms with Gasteiger partial charge < -0.3 is 5.73 Å². The van der Waals surface area contributed by atoms with E-state index < -0.39 is 0 Å². The molecule has 0 saturated carbocycles. The van der Waals surface area contributed by atoms with Gasteiger partial charge in [-0.3, -0.25) is 4.90 Å². The van der Waals surface area contributed by atoms with Crippen LogP contribution in [-0.4, -0.2) is 23.0 Å². The molecule has 0 aliphatic heterocycles. The summed E-state index contributed by atoms with van der Waals surface area (Å²) < 4.78 is 13.0. The fourth-order valence-electron chi connectivity index (χ4n) is 1.67. The van der Waals surface area contributed by atoms with Gasteiger partial charge in [0.2, 0.25) is 0 Å². The Morgan fingerprint density at radius 2 is 2.22 bits per heavy atom. The second kappa shape index (κ2) is 7.02. The van der Waals surface area contributed by atoms with Crippen molar-refractivity contribution in [1.29, 1.82) is 0 Å². The van der Waals surface area contributed by atoms with Crippen molar-refractivity contribution in [3.8, 4) is 0 Å². The summed E-state index contributed by atoms with van der Waals surface area (Å²) in [6.45, 7) is 6.36. The minimum absolute atomic E-state index is 0.152. The van der Waals surface area contributed by atoms with Crippen molar-refractivity contribution in [1.82, 2.24) is 4.90 Å². The fraction of sp³-hybridized carbons (Fsp3) is 0.462. The fourth-order valence-corrected chi connectivity index (χ4v) is 1.98. The molecular formula is C13H18ClFN2S. The summed E-state index contributed by atoms with van der Waals surface area (Å²) in [5.74, 6) is -0.164. The number of hydrogen-bond acceptors (Lipinski definition) is 2. The average molecular weight is 289 g/mol. The van der Waals surface area contributed by atoms with E-state index in [0.29, 0.717) is 16.6 Å². The maximum absolute atomic E-state index is 13.0. The van der Waals surface area contributed by atoms with Crippen LogP contribution in [-0.2, 0) is 6.54 Å². The summed E-state index contributed by atoms with van der Waals surface area (Å²) in [4.78, 5) is 2.70. The van der Waals surface area contributed by atoms with Gasteiger partial charge in [0.25, 0.3) is 0 Å². The average Bonchev–Trinajstić information content (AvgIpc) is 2.31. The minimum atomic E-state index is -0.316. The lowest BCUT2D eigenvalue weighted by molar-refractivity contribution is 0.264. The normalized spacial score (nSPS) is 12.7. The predicted octanol–water partition coefficient (Wildman–Crippen LogP) is 3.22. The molecule has 2 N–H and O–H groups in total. The molecule has 0 amide bonds. The van der Waals surface area contributed by atoms with Gasteiger partial charge in [-0.25, -0.2) is 4.39 Å². The lowest BCUT2D eigenvalue weighted by Gasteiger charge is -2.24. The van der Waals surface area contributed by atoms with E-state index in [1.54, 1.807) is 6.07 Å². The van der Waals surface area contributed by atoms with Crippen LogP contribution in [0, 0.1) is 11.7 Å². The third-order valence-corrected chi connectivity index (χ3v) is 3.63. The Kier molecular flexibility index (Phi) is 5.99. The molecule has 1 rings (SSSR count). The van der Waals surface area contributed by atoms with Gasteiger partial charge in [0.1, 0.15) is 5.82 Å². The van der Waals surface area contributed by atoms with E-state index in [1.807, 2.05) is 6.92 Å². The molecule has 0 saturated heterocycles. The number of rotatable bonds is 6. The highest BCUT2D eigenvalue weighted by molar-refractivity contribution is 7.80. The zero-order chi connectivity index (χ0) is 13.7. The van der Waals surface area contributed by atoms with Gasteiger partial charge in [0, 0.05) is 24.0 Å². The molecule has 2 nitrogen and oxygen atoms in total. The van der Waals surface area contributed by atoms with E-state index in [1.165, 1.54) is 12.1 Å². The molecule has 0 radical (unpaired) electrons. The summed E-state index contributed by atoms with van der Waals surface area (Å²) in [6, 6.07) is 4.47. The number of thiocarbonyl (C=S) groups is 1. The predicted molar refractivity (Wildman–Crippen MR) is 78.3 cm³/mol. The molecule has 0 bridgehead atoms. The third kappa shape index (κ3) is 4.52. The van der Waals surface area contributed by atoms with E-state index in [2.05, 4.69) is 11.8 Å². The van der Waals surface area contributed by atoms with Gasteiger partial charge in [-0.2, -0.15) is 0 Å². The van der Waals surface area contributed by atoms with Gasteiger partial charge >= 0.3 is 0 Å². The summed E-state index contributed by atoms with van der Waals surface area (Å²) in [6.07, 6.45) is 0. The lowest BCUT2D eigenvalue weighted by Crippen LogP contribution is -2.33. The van der Waals surface area contributed by atoms with E-state index in [0.717, 1.165) is 18.7 Å². The topological polar surface area (TPSA) is 29.3 Å². The number of nitrogens with zero attached hydrogens (tertiary/aromatic N) is 1. The monoisotopic (exact) mass is 288 g/mol. The van der Waals surface area contributed by atoms with Crippen LogP contribution in [0.3, 0.4) is 0 Å². The molecular weight excluding hydrogens is 271 g/mol. The van der Waals surface area contributed by atoms with Gasteiger partial charge in [-0.15, -0.1) is 0 Å². The smallest absolute Gasteiger partial charge is 0.124 e. The van der Waals surface area contributed by atoms with E-state index in [4.69, 9.17) is 29.6 Å². The van der Waals surface area contributed by atoms with Gasteiger partial charge in [0.05, 0.1) is 4.99 Å². The van der Waals surface area contributed by atoms with Crippen LogP contribution in [0.2, 0.25) is 5.02 Å². The van der Waals surface area contributed by atoms with Crippen molar-refractivity contribution >= 4 is 28.8 Å². The second-order valence-electron chi connectivity index (χ2n) is 4.37. The number of hydrogen-bond donors (Lipinski definition) is 1. The Labute approximate surface area is 118 Å². The first kappa shape index (κ1) is 15.3. The zero-order valence-corrected chi connectivity index (χ0v) is 12.2. The molecule has 0 spiro atoms. The molecule has 1 aromatic rings. The maximum Gasteiger partial charge on any atom is 0.124 e. The third-order valence-electron chi connectivity index (χ3n) is 2.87. The van der Waals surface area contributed by atoms with Crippen molar-refractivity contribution < 1.29 is 4.39 Å². The summed E-state index contributed by atoms with van der Waals surface area (Å²) in [5.41, 5.74) is 6.52. The van der Waals surface area contributed by atoms with Gasteiger partial charge in [-0.1, -0.05) is 43.7 Å². The molecule has 5 heteroatoms. The van der Waals surface area contributed by atoms with Crippen molar-refractivity contribution in [2.75, 3.05) is 13.1 Å². The summed E-state index contributed by atoms with van der Waals surface area (Å²) in [5, 5.41) is 0.455. The van der Waals surface area contributed by atoms with Crippen LogP contribution in [0.4, 0.5) is 4.39 Å². The lowest BCUT2D eigenvalue weighted by atomic mass is 10.1. The first-order valence-corrected chi connectivity index (χ1v) is 6.68. The highest BCUT2D eigenvalue weighted by Gasteiger charge is 2.13. The Hall–Kier alpha value is -0.710. The van der Waals surface area contributed by atoms with Crippen LogP contribution >= 0.6 is 23.8 Å². The zero-order valence-electron chi connectivity index (χ0n) is 10.6. The first-order chi connectivity index (χ1) is 8.43. The molecule has 0 aromatic heterocycles. The van der Waals surface area contributed by atoms with E-state index in [-0.39, 0.29) is 11.7 Å². The number of nitrogens with two attached hydrogens (primary N) is 1. The SMILES string of the molecule is CCN(Cc1ccc(F)cc1Cl)CC(C)C(N)=S. The van der Waals surface area contributed by atoms with Crippen LogP contribution < -0.4 is 5.73 Å². The highest BCUT2D eigenvalue weighted by atomic mass is 35.5. The van der Waals surface area contributed by atoms with Gasteiger partial charge in [-0.05, 0) is 24.2 Å². The molecule has 0 fully saturated rings. The standard InChI is InChI=1S/C13H18ClFN2S/c1-3-17(7-9(2)13(16)18)8-10-4-5-11(15)6-12(10)14/h4-6,9H,3,7-8H2,1-2H3,(H2,16,18). The number of benzene rings is 1. The first-order valence-electron chi connectivity index (χ1n) is 5.89. The molecule has 0 aliphatic rings. The summed E-state index contributed by atoms with van der Waals surface area (Å²) >= 11 is 11.0. The molecule has 0 aliphatic carbocycles. The quantitative estimate of drug-likeness (QED) is 0.815. The Morgan fingerprint density at radius 3 is 2.72 bits per heavy atom. The van der Waals surface area contributed by atoms with E-state index in [9.17, 15) is 4.39 Å². The number of halogens is 2. The summed E-state index contributed by atoms with van der Waals surface area (Å²) in [7, 11) is 0. The van der Waals surface area contributed by atoms with Crippen LogP contribution in [0.15, 0.2) is 18.2 Å². The van der Waals surface area contributed by atoms with Crippen LogP contribution in [0.25, 0.3) is 0 Å². The Morgan fingerprint density at radius 1 is 1.56 bits per heavy atom. The molecule has 1 unspecified atom stereocenters. The molecule has 0 heterocycles. The van der Waals surface area contributed by atoms with Crippen molar-refractivity contribution in [3.63, 3.8) is 0 Å². The minimum Gasteiger partial charge on any atom is -0.393 e.